The van der Waals surface area contributed by atoms with Crippen molar-refractivity contribution in [2.24, 2.45) is 0 Å². The van der Waals surface area contributed by atoms with Gasteiger partial charge in [0, 0.05) is 30.5 Å². The van der Waals surface area contributed by atoms with Gasteiger partial charge in [-0.3, -0.25) is 4.79 Å². The van der Waals surface area contributed by atoms with E-state index in [1.165, 1.54) is 18.8 Å². The Balaban J connectivity index is 2.06. The van der Waals surface area contributed by atoms with E-state index in [1.807, 2.05) is 24.3 Å². The average Bonchev–Trinajstić information content (AvgIpc) is 2.80. The Morgan fingerprint density at radius 3 is 2.13 bits per heavy atom. The number of amides is 1. The third-order valence-corrected chi connectivity index (χ3v) is 5.30. The van der Waals surface area contributed by atoms with Crippen molar-refractivity contribution < 1.29 is 33.4 Å². The minimum atomic E-state index is -1.02. The average molecular weight is 448 g/mol. The van der Waals surface area contributed by atoms with E-state index in [1.54, 1.807) is 38.5 Å². The Morgan fingerprint density at radius 1 is 1.00 bits per heavy atom. The molecule has 166 valence electrons. The first-order chi connectivity index (χ1) is 15.0. The van der Waals surface area contributed by atoms with Gasteiger partial charge in [0.2, 0.25) is 0 Å². The van der Waals surface area contributed by atoms with E-state index < -0.39 is 18.2 Å². The Kier molecular flexibility index (Phi) is 9.70. The summed E-state index contributed by atoms with van der Waals surface area (Å²) in [4.78, 5) is 40.4. The molecule has 2 aromatic rings. The molecule has 2 rings (SSSR count). The molecule has 8 nitrogen and oxygen atoms in total. The first kappa shape index (κ1) is 24.1. The molecule has 2 aromatic carbocycles. The van der Waals surface area contributed by atoms with Crippen LogP contribution in [0.15, 0.2) is 53.4 Å². The number of hydrogen-bond donors (Lipinski definition) is 0. The van der Waals surface area contributed by atoms with Crippen LogP contribution >= 0.6 is 11.8 Å². The second-order valence-electron chi connectivity index (χ2n) is 6.30. The van der Waals surface area contributed by atoms with Crippen LogP contribution in [0.25, 0.3) is 0 Å². The lowest BCUT2D eigenvalue weighted by Crippen LogP contribution is -2.30. The molecule has 0 aliphatic heterocycles. The van der Waals surface area contributed by atoms with Crippen molar-refractivity contribution in [3.63, 3.8) is 0 Å². The number of hydrogen-bond acceptors (Lipinski definition) is 8. The Labute approximate surface area is 185 Å². The summed E-state index contributed by atoms with van der Waals surface area (Å²) in [7, 11) is 4.46. The lowest BCUT2D eigenvalue weighted by atomic mass is 10.1. The van der Waals surface area contributed by atoms with Crippen LogP contribution in [0.5, 0.6) is 11.5 Å². The molecule has 9 heteroatoms. The second kappa shape index (κ2) is 12.5. The second-order valence-corrected chi connectivity index (χ2v) is 7.40. The van der Waals surface area contributed by atoms with Crippen LogP contribution in [0, 0.1) is 0 Å². The minimum absolute atomic E-state index is 0.0502. The summed E-state index contributed by atoms with van der Waals surface area (Å²) in [6, 6.07) is 14.6. The SMILES string of the molecule is COc1ccc(SCC(OC(=O)ON(C)C(=O)CCC=O)c2ccc(OC)cc2)cc1. The van der Waals surface area contributed by atoms with Gasteiger partial charge in [-0.2, -0.15) is 5.06 Å². The van der Waals surface area contributed by atoms with Crippen LogP contribution in [0.1, 0.15) is 24.5 Å². The molecule has 0 saturated heterocycles. The maximum atomic E-state index is 12.3. The maximum absolute atomic E-state index is 12.3. The van der Waals surface area contributed by atoms with Crippen molar-refractivity contribution in [3.8, 4) is 11.5 Å². The highest BCUT2D eigenvalue weighted by Gasteiger charge is 2.22. The number of methoxy groups -OCH3 is 2. The third-order valence-electron chi connectivity index (χ3n) is 4.23. The van der Waals surface area contributed by atoms with Gasteiger partial charge in [0.05, 0.1) is 14.2 Å². The van der Waals surface area contributed by atoms with Gasteiger partial charge in [-0.05, 0) is 42.0 Å². The van der Waals surface area contributed by atoms with Gasteiger partial charge in [-0.1, -0.05) is 12.1 Å². The predicted octanol–water partition coefficient (Wildman–Crippen LogP) is 4.04. The van der Waals surface area contributed by atoms with Gasteiger partial charge in [0.1, 0.15) is 23.9 Å². The van der Waals surface area contributed by atoms with E-state index in [0.717, 1.165) is 21.3 Å². The van der Waals surface area contributed by atoms with Gasteiger partial charge in [-0.25, -0.2) is 4.79 Å². The highest BCUT2D eigenvalue weighted by Crippen LogP contribution is 2.30. The molecule has 0 bridgehead atoms. The lowest BCUT2D eigenvalue weighted by Gasteiger charge is -2.20. The van der Waals surface area contributed by atoms with Crippen LogP contribution in [0.2, 0.25) is 0 Å². The summed E-state index contributed by atoms with van der Waals surface area (Å²) in [6.07, 6.45) is -1.03. The molecule has 0 heterocycles. The van der Waals surface area contributed by atoms with Crippen molar-refractivity contribution in [3.05, 3.63) is 54.1 Å². The number of carbonyl (C=O) groups excluding carboxylic acids is 3. The van der Waals surface area contributed by atoms with Gasteiger partial charge in [0.15, 0.2) is 0 Å². The number of rotatable bonds is 10. The molecule has 0 fully saturated rings. The molecule has 0 spiro atoms. The molecular formula is C22H25NO7S. The Bertz CT molecular complexity index is 855. The molecular weight excluding hydrogens is 422 g/mol. The van der Waals surface area contributed by atoms with Crippen LogP contribution in [-0.2, 0) is 19.2 Å². The molecule has 1 atom stereocenters. The fourth-order valence-corrected chi connectivity index (χ4v) is 3.43. The Hall–Kier alpha value is -3.20. The fraction of sp³-hybridized carbons (Fsp3) is 0.318. The molecule has 0 aliphatic rings. The van der Waals surface area contributed by atoms with Crippen LogP contribution in [-0.4, -0.2) is 50.4 Å². The van der Waals surface area contributed by atoms with E-state index in [4.69, 9.17) is 19.0 Å². The summed E-state index contributed by atoms with van der Waals surface area (Å²) in [6.45, 7) is 0. The molecule has 0 N–H and O–H groups in total. The predicted molar refractivity (Wildman–Crippen MR) is 115 cm³/mol. The summed E-state index contributed by atoms with van der Waals surface area (Å²) >= 11 is 1.49. The quantitative estimate of drug-likeness (QED) is 0.233. The first-order valence-corrected chi connectivity index (χ1v) is 10.4. The highest BCUT2D eigenvalue weighted by atomic mass is 32.2. The number of ether oxygens (including phenoxy) is 3. The number of carbonyl (C=O) groups is 3. The molecule has 0 saturated carbocycles. The van der Waals surface area contributed by atoms with Gasteiger partial charge < -0.3 is 23.8 Å². The van der Waals surface area contributed by atoms with Crippen LogP contribution in [0.4, 0.5) is 4.79 Å². The largest absolute Gasteiger partial charge is 0.534 e. The third kappa shape index (κ3) is 7.86. The molecule has 1 unspecified atom stereocenters. The van der Waals surface area contributed by atoms with Crippen LogP contribution in [0.3, 0.4) is 0 Å². The van der Waals surface area contributed by atoms with E-state index in [9.17, 15) is 14.4 Å². The lowest BCUT2D eigenvalue weighted by molar-refractivity contribution is -0.168. The van der Waals surface area contributed by atoms with Crippen LogP contribution < -0.4 is 9.47 Å². The van der Waals surface area contributed by atoms with Crippen molar-refractivity contribution in [1.82, 2.24) is 5.06 Å². The van der Waals surface area contributed by atoms with Gasteiger partial charge in [0.25, 0.3) is 5.91 Å². The fourth-order valence-electron chi connectivity index (χ4n) is 2.50. The van der Waals surface area contributed by atoms with Crippen molar-refractivity contribution in [1.29, 1.82) is 0 Å². The van der Waals surface area contributed by atoms with E-state index >= 15 is 0 Å². The molecule has 0 radical (unpaired) electrons. The topological polar surface area (TPSA) is 91.4 Å². The maximum Gasteiger partial charge on any atom is 0.534 e. The summed E-state index contributed by atoms with van der Waals surface area (Å²) < 4.78 is 15.8. The highest BCUT2D eigenvalue weighted by molar-refractivity contribution is 7.99. The van der Waals surface area contributed by atoms with E-state index in [0.29, 0.717) is 17.8 Å². The monoisotopic (exact) mass is 447 g/mol. The number of thioether (sulfide) groups is 1. The van der Waals surface area contributed by atoms with E-state index in [2.05, 4.69) is 0 Å². The van der Waals surface area contributed by atoms with Crippen molar-refractivity contribution >= 4 is 30.1 Å². The van der Waals surface area contributed by atoms with Crippen molar-refractivity contribution in [2.75, 3.05) is 27.0 Å². The van der Waals surface area contributed by atoms with Gasteiger partial charge in [-0.15, -0.1) is 11.8 Å². The summed E-state index contributed by atoms with van der Waals surface area (Å²) in [5.74, 6) is 1.33. The number of nitrogens with zero attached hydrogens (tertiary/aromatic N) is 1. The zero-order valence-electron chi connectivity index (χ0n) is 17.6. The standard InChI is InChI=1S/C22H25NO7S/c1-23(21(25)5-4-14-24)30-22(26)29-20(16-6-8-17(27-2)9-7-16)15-31-19-12-10-18(28-3)11-13-19/h6-14,20H,4-5,15H2,1-3H3. The number of aldehydes is 1. The first-order valence-electron chi connectivity index (χ1n) is 9.46. The zero-order chi connectivity index (χ0) is 22.6. The smallest absolute Gasteiger partial charge is 0.497 e. The molecule has 0 aromatic heterocycles. The molecule has 31 heavy (non-hydrogen) atoms. The van der Waals surface area contributed by atoms with Crippen molar-refractivity contribution in [2.45, 2.75) is 23.8 Å². The van der Waals surface area contributed by atoms with E-state index in [-0.39, 0.29) is 12.8 Å². The summed E-state index contributed by atoms with van der Waals surface area (Å²) in [5.41, 5.74) is 0.744. The minimum Gasteiger partial charge on any atom is -0.497 e. The normalized spacial score (nSPS) is 11.2. The molecule has 1 amide bonds. The number of hydroxylamine groups is 2. The Morgan fingerprint density at radius 2 is 1.58 bits per heavy atom. The summed E-state index contributed by atoms with van der Waals surface area (Å²) in [5, 5.41) is 0.771. The van der Waals surface area contributed by atoms with Gasteiger partial charge >= 0.3 is 6.16 Å². The molecule has 0 aliphatic carbocycles. The zero-order valence-corrected chi connectivity index (χ0v) is 18.4. The number of benzene rings is 2.